The Morgan fingerprint density at radius 1 is 0.969 bits per heavy atom. The van der Waals surface area contributed by atoms with Crippen LogP contribution in [0.4, 0.5) is 17.3 Å². The third-order valence-corrected chi connectivity index (χ3v) is 5.88. The summed E-state index contributed by atoms with van der Waals surface area (Å²) >= 11 is 0. The minimum atomic E-state index is 0.170. The van der Waals surface area contributed by atoms with Gasteiger partial charge < -0.3 is 19.7 Å². The van der Waals surface area contributed by atoms with Gasteiger partial charge in [-0.25, -0.2) is 0 Å². The van der Waals surface area contributed by atoms with Gasteiger partial charge in [0.15, 0.2) is 11.6 Å². The number of carbonyl (C=O) groups excluding carboxylic acids is 1. The largest absolute Gasteiger partial charge is 0.352 e. The normalized spacial score (nSPS) is 14.0. The molecule has 3 aromatic heterocycles. The van der Waals surface area contributed by atoms with Crippen LogP contribution in [0.5, 0.6) is 0 Å². The smallest absolute Gasteiger partial charge is 0.227 e. The summed E-state index contributed by atoms with van der Waals surface area (Å²) in [5, 5.41) is 13.0. The van der Waals surface area contributed by atoms with Gasteiger partial charge in [0.1, 0.15) is 0 Å². The number of nitrogens with one attached hydrogen (secondary N) is 1. The molecular weight excluding hydrogens is 402 g/mol. The Kier molecular flexibility index (Phi) is 5.41. The van der Waals surface area contributed by atoms with Crippen LogP contribution >= 0.6 is 0 Å². The predicted molar refractivity (Wildman–Crippen MR) is 125 cm³/mol. The highest BCUT2D eigenvalue weighted by Crippen LogP contribution is 2.22. The van der Waals surface area contributed by atoms with Gasteiger partial charge in [-0.15, -0.1) is 10.2 Å². The van der Waals surface area contributed by atoms with E-state index in [0.717, 1.165) is 41.1 Å². The molecule has 4 aromatic rings. The zero-order valence-electron chi connectivity index (χ0n) is 18.0. The summed E-state index contributed by atoms with van der Waals surface area (Å²) in [4.78, 5) is 21.1. The number of amides is 1. The SMILES string of the molecule is Cn1cc(CC(=O)N2CCN(c3ccc(Nc4ccncc4)nn3)CC2)c2ccccc21. The van der Waals surface area contributed by atoms with Gasteiger partial charge in [0, 0.05) is 68.4 Å². The molecule has 8 nitrogen and oxygen atoms in total. The Bertz CT molecular complexity index is 1210. The predicted octanol–water partition coefficient (Wildman–Crippen LogP) is 3.00. The van der Waals surface area contributed by atoms with Crippen LogP contribution in [0.25, 0.3) is 10.9 Å². The number of pyridine rings is 1. The molecule has 1 aliphatic rings. The number of piperazine rings is 1. The second kappa shape index (κ2) is 8.66. The second-order valence-corrected chi connectivity index (χ2v) is 7.96. The van der Waals surface area contributed by atoms with Crippen LogP contribution < -0.4 is 10.2 Å². The van der Waals surface area contributed by atoms with E-state index >= 15 is 0 Å². The molecule has 1 amide bonds. The number of aryl methyl sites for hydroxylation is 1. The van der Waals surface area contributed by atoms with E-state index in [-0.39, 0.29) is 5.91 Å². The van der Waals surface area contributed by atoms with Gasteiger partial charge in [-0.1, -0.05) is 18.2 Å². The molecule has 0 saturated carbocycles. The Morgan fingerprint density at radius 2 is 1.75 bits per heavy atom. The van der Waals surface area contributed by atoms with E-state index in [1.807, 2.05) is 48.3 Å². The average molecular weight is 428 g/mol. The molecule has 1 aromatic carbocycles. The van der Waals surface area contributed by atoms with E-state index in [1.54, 1.807) is 12.4 Å². The maximum atomic E-state index is 12.9. The molecule has 1 aliphatic heterocycles. The molecule has 162 valence electrons. The van der Waals surface area contributed by atoms with Crippen molar-refractivity contribution in [3.63, 3.8) is 0 Å². The van der Waals surface area contributed by atoms with Crippen LogP contribution in [0.3, 0.4) is 0 Å². The highest BCUT2D eigenvalue weighted by Gasteiger charge is 2.23. The summed E-state index contributed by atoms with van der Waals surface area (Å²) in [6.45, 7) is 2.85. The van der Waals surface area contributed by atoms with Crippen molar-refractivity contribution in [2.75, 3.05) is 36.4 Å². The van der Waals surface area contributed by atoms with E-state index in [1.165, 1.54) is 0 Å². The number of carbonyl (C=O) groups is 1. The molecule has 1 N–H and O–H groups in total. The minimum absolute atomic E-state index is 0.170. The number of hydrogen-bond acceptors (Lipinski definition) is 6. The van der Waals surface area contributed by atoms with Crippen LogP contribution in [-0.2, 0) is 18.3 Å². The van der Waals surface area contributed by atoms with Crippen molar-refractivity contribution < 1.29 is 4.79 Å². The molecule has 0 spiro atoms. The number of para-hydroxylation sites is 1. The first-order valence-electron chi connectivity index (χ1n) is 10.7. The van der Waals surface area contributed by atoms with Crippen molar-refractivity contribution in [3.8, 4) is 0 Å². The van der Waals surface area contributed by atoms with Gasteiger partial charge in [-0.2, -0.15) is 0 Å². The van der Waals surface area contributed by atoms with E-state index in [4.69, 9.17) is 0 Å². The lowest BCUT2D eigenvalue weighted by Gasteiger charge is -2.35. The van der Waals surface area contributed by atoms with Crippen molar-refractivity contribution in [1.29, 1.82) is 0 Å². The number of hydrogen-bond donors (Lipinski definition) is 1. The molecule has 0 aliphatic carbocycles. The van der Waals surface area contributed by atoms with Crippen LogP contribution in [0, 0.1) is 0 Å². The molecule has 0 radical (unpaired) electrons. The summed E-state index contributed by atoms with van der Waals surface area (Å²) in [6, 6.07) is 15.9. The quantitative estimate of drug-likeness (QED) is 0.528. The second-order valence-electron chi connectivity index (χ2n) is 7.96. The molecule has 1 fully saturated rings. The van der Waals surface area contributed by atoms with E-state index < -0.39 is 0 Å². The molecule has 1 saturated heterocycles. The van der Waals surface area contributed by atoms with Gasteiger partial charge in [-0.05, 0) is 35.9 Å². The number of anilines is 3. The number of aromatic nitrogens is 4. The fraction of sp³-hybridized carbons (Fsp3) is 0.250. The van der Waals surface area contributed by atoms with Crippen molar-refractivity contribution in [1.82, 2.24) is 24.6 Å². The van der Waals surface area contributed by atoms with Crippen LogP contribution in [0.15, 0.2) is 67.1 Å². The van der Waals surface area contributed by atoms with Crippen molar-refractivity contribution in [2.45, 2.75) is 6.42 Å². The molecule has 32 heavy (non-hydrogen) atoms. The van der Waals surface area contributed by atoms with Crippen LogP contribution in [-0.4, -0.2) is 56.7 Å². The first-order chi connectivity index (χ1) is 15.7. The third-order valence-electron chi connectivity index (χ3n) is 5.88. The first-order valence-corrected chi connectivity index (χ1v) is 10.7. The Balaban J connectivity index is 1.18. The van der Waals surface area contributed by atoms with Gasteiger partial charge in [0.05, 0.1) is 6.42 Å². The fourth-order valence-corrected chi connectivity index (χ4v) is 4.17. The van der Waals surface area contributed by atoms with Gasteiger partial charge in [0.2, 0.25) is 5.91 Å². The highest BCUT2D eigenvalue weighted by molar-refractivity contribution is 5.89. The summed E-state index contributed by atoms with van der Waals surface area (Å²) in [5.41, 5.74) is 3.15. The summed E-state index contributed by atoms with van der Waals surface area (Å²) < 4.78 is 2.09. The summed E-state index contributed by atoms with van der Waals surface area (Å²) in [6.07, 6.45) is 5.95. The monoisotopic (exact) mass is 427 g/mol. The van der Waals surface area contributed by atoms with E-state index in [0.29, 0.717) is 25.3 Å². The zero-order chi connectivity index (χ0) is 21.9. The van der Waals surface area contributed by atoms with Crippen molar-refractivity contribution in [2.24, 2.45) is 7.05 Å². The highest BCUT2D eigenvalue weighted by atomic mass is 16.2. The van der Waals surface area contributed by atoms with E-state index in [9.17, 15) is 4.79 Å². The lowest BCUT2D eigenvalue weighted by atomic mass is 10.1. The van der Waals surface area contributed by atoms with Gasteiger partial charge in [0.25, 0.3) is 0 Å². The third kappa shape index (κ3) is 4.12. The maximum absolute atomic E-state index is 12.9. The molecule has 8 heteroatoms. The number of benzene rings is 1. The van der Waals surface area contributed by atoms with Crippen LogP contribution in [0.1, 0.15) is 5.56 Å². The molecule has 0 unspecified atom stereocenters. The lowest BCUT2D eigenvalue weighted by Crippen LogP contribution is -2.49. The van der Waals surface area contributed by atoms with Crippen molar-refractivity contribution >= 4 is 34.1 Å². The van der Waals surface area contributed by atoms with E-state index in [2.05, 4.69) is 48.3 Å². The standard InChI is InChI=1S/C24H25N7O/c1-29-17-18(20-4-2-3-5-21(20)29)16-24(32)31-14-12-30(13-15-31)23-7-6-22(27-28-23)26-19-8-10-25-11-9-19/h2-11,17H,12-16H2,1H3,(H,25,26,27). The minimum Gasteiger partial charge on any atom is -0.352 e. The number of fused-ring (bicyclic) bond motifs is 1. The number of nitrogens with zero attached hydrogens (tertiary/aromatic N) is 6. The molecule has 5 rings (SSSR count). The summed E-state index contributed by atoms with van der Waals surface area (Å²) in [5.74, 6) is 1.68. The first kappa shape index (κ1) is 20.0. The molecular formula is C24H25N7O. The van der Waals surface area contributed by atoms with Gasteiger partial charge in [-0.3, -0.25) is 9.78 Å². The van der Waals surface area contributed by atoms with Crippen molar-refractivity contribution in [3.05, 3.63) is 72.7 Å². The maximum Gasteiger partial charge on any atom is 0.227 e. The van der Waals surface area contributed by atoms with Crippen LogP contribution in [0.2, 0.25) is 0 Å². The zero-order valence-corrected chi connectivity index (χ0v) is 18.0. The fourth-order valence-electron chi connectivity index (χ4n) is 4.17. The lowest BCUT2D eigenvalue weighted by molar-refractivity contribution is -0.130. The topological polar surface area (TPSA) is 79.2 Å². The summed E-state index contributed by atoms with van der Waals surface area (Å²) in [7, 11) is 2.02. The average Bonchev–Trinajstić information content (AvgIpc) is 3.16. The molecule has 4 heterocycles. The van der Waals surface area contributed by atoms with Gasteiger partial charge >= 0.3 is 0 Å². The molecule has 0 bridgehead atoms. The Morgan fingerprint density at radius 3 is 2.50 bits per heavy atom. The Labute approximate surface area is 186 Å². The Hall–Kier alpha value is -3.94. The molecule has 0 atom stereocenters. The number of rotatable bonds is 5.